The molecule has 0 bridgehead atoms. The SMILES string of the molecule is CCC(Sc1cccc(NC(=O)c2ccc3ccccc3c2)c1)C(=O)Nc1ccc(S(N)(=O)=O)cc1. The normalized spacial score (nSPS) is 12.2. The highest BCUT2D eigenvalue weighted by Crippen LogP contribution is 2.29. The Morgan fingerprint density at radius 1 is 0.833 bits per heavy atom. The van der Waals surface area contributed by atoms with Gasteiger partial charge in [0, 0.05) is 21.8 Å². The Morgan fingerprint density at radius 2 is 1.56 bits per heavy atom. The van der Waals surface area contributed by atoms with Gasteiger partial charge in [-0.3, -0.25) is 9.59 Å². The van der Waals surface area contributed by atoms with Crippen LogP contribution in [0.1, 0.15) is 23.7 Å². The van der Waals surface area contributed by atoms with Gasteiger partial charge in [0.15, 0.2) is 0 Å². The Bertz CT molecular complexity index is 1520. The number of carbonyl (C=O) groups excluding carboxylic acids is 2. The maximum Gasteiger partial charge on any atom is 0.255 e. The topological polar surface area (TPSA) is 118 Å². The Balaban J connectivity index is 1.42. The summed E-state index contributed by atoms with van der Waals surface area (Å²) in [4.78, 5) is 26.5. The highest BCUT2D eigenvalue weighted by Gasteiger charge is 2.19. The Labute approximate surface area is 214 Å². The van der Waals surface area contributed by atoms with Gasteiger partial charge in [0.1, 0.15) is 0 Å². The number of anilines is 2. The Hall–Kier alpha value is -3.66. The predicted molar refractivity (Wildman–Crippen MR) is 145 cm³/mol. The van der Waals surface area contributed by atoms with E-state index < -0.39 is 15.3 Å². The molecule has 2 amide bonds. The van der Waals surface area contributed by atoms with E-state index in [9.17, 15) is 18.0 Å². The third kappa shape index (κ3) is 6.31. The summed E-state index contributed by atoms with van der Waals surface area (Å²) >= 11 is 1.38. The van der Waals surface area contributed by atoms with Crippen LogP contribution in [-0.4, -0.2) is 25.5 Å². The molecule has 4 aromatic rings. The van der Waals surface area contributed by atoms with Crippen LogP contribution >= 0.6 is 11.8 Å². The van der Waals surface area contributed by atoms with Crippen molar-refractivity contribution in [2.45, 2.75) is 28.4 Å². The fourth-order valence-electron chi connectivity index (χ4n) is 3.62. The molecule has 4 rings (SSSR count). The van der Waals surface area contributed by atoms with Crippen LogP contribution in [0.4, 0.5) is 11.4 Å². The van der Waals surface area contributed by atoms with Gasteiger partial charge in [0.25, 0.3) is 5.91 Å². The molecule has 0 heterocycles. The van der Waals surface area contributed by atoms with E-state index in [1.807, 2.05) is 61.5 Å². The number of hydrogen-bond donors (Lipinski definition) is 3. The number of benzene rings is 4. The van der Waals surface area contributed by atoms with E-state index in [1.54, 1.807) is 12.1 Å². The number of sulfonamides is 1. The molecule has 7 nitrogen and oxygen atoms in total. The largest absolute Gasteiger partial charge is 0.325 e. The van der Waals surface area contributed by atoms with Crippen molar-refractivity contribution in [3.63, 3.8) is 0 Å². The number of carbonyl (C=O) groups is 2. The van der Waals surface area contributed by atoms with Crippen LogP contribution in [0.3, 0.4) is 0 Å². The van der Waals surface area contributed by atoms with Crippen molar-refractivity contribution < 1.29 is 18.0 Å². The first-order valence-electron chi connectivity index (χ1n) is 11.2. The van der Waals surface area contributed by atoms with Crippen LogP contribution in [0.15, 0.2) is 101 Å². The van der Waals surface area contributed by atoms with Crippen LogP contribution in [0.25, 0.3) is 10.8 Å². The van der Waals surface area contributed by atoms with E-state index in [1.165, 1.54) is 36.0 Å². The second kappa shape index (κ2) is 10.9. The first kappa shape index (κ1) is 25.4. The van der Waals surface area contributed by atoms with Gasteiger partial charge in [-0.25, -0.2) is 13.6 Å². The van der Waals surface area contributed by atoms with Crippen molar-refractivity contribution in [1.82, 2.24) is 0 Å². The highest BCUT2D eigenvalue weighted by atomic mass is 32.2. The number of hydrogen-bond acceptors (Lipinski definition) is 5. The number of thioether (sulfide) groups is 1. The van der Waals surface area contributed by atoms with E-state index in [4.69, 9.17) is 5.14 Å². The minimum Gasteiger partial charge on any atom is -0.325 e. The lowest BCUT2D eigenvalue weighted by Crippen LogP contribution is -2.24. The van der Waals surface area contributed by atoms with Crippen LogP contribution in [-0.2, 0) is 14.8 Å². The van der Waals surface area contributed by atoms with Crippen molar-refractivity contribution in [2.75, 3.05) is 10.6 Å². The minimum absolute atomic E-state index is 0.0236. The van der Waals surface area contributed by atoms with Crippen LogP contribution < -0.4 is 15.8 Å². The van der Waals surface area contributed by atoms with E-state index in [0.29, 0.717) is 23.4 Å². The van der Waals surface area contributed by atoms with Crippen LogP contribution in [0, 0.1) is 0 Å². The number of fused-ring (bicyclic) bond motifs is 1. The first-order valence-corrected chi connectivity index (χ1v) is 13.7. The number of primary sulfonamides is 1. The molecule has 36 heavy (non-hydrogen) atoms. The van der Waals surface area contributed by atoms with Gasteiger partial charge in [-0.2, -0.15) is 0 Å². The quantitative estimate of drug-likeness (QED) is 0.275. The summed E-state index contributed by atoms with van der Waals surface area (Å²) in [5.41, 5.74) is 1.67. The number of rotatable bonds is 8. The summed E-state index contributed by atoms with van der Waals surface area (Å²) in [5.74, 6) is -0.424. The highest BCUT2D eigenvalue weighted by molar-refractivity contribution is 8.00. The molecule has 0 radical (unpaired) electrons. The second-order valence-electron chi connectivity index (χ2n) is 8.12. The van der Waals surface area contributed by atoms with Gasteiger partial charge in [-0.1, -0.05) is 43.3 Å². The molecule has 184 valence electrons. The zero-order chi connectivity index (χ0) is 25.7. The molecule has 0 saturated heterocycles. The number of nitrogens with one attached hydrogen (secondary N) is 2. The lowest BCUT2D eigenvalue weighted by Gasteiger charge is -2.16. The smallest absolute Gasteiger partial charge is 0.255 e. The molecule has 0 aliphatic carbocycles. The van der Waals surface area contributed by atoms with E-state index >= 15 is 0 Å². The van der Waals surface area contributed by atoms with Crippen molar-refractivity contribution in [3.05, 3.63) is 96.6 Å². The third-order valence-electron chi connectivity index (χ3n) is 5.50. The maximum atomic E-state index is 12.8. The van der Waals surface area contributed by atoms with Crippen molar-refractivity contribution in [1.29, 1.82) is 0 Å². The number of nitrogens with two attached hydrogens (primary N) is 1. The van der Waals surface area contributed by atoms with Gasteiger partial charge in [0.2, 0.25) is 15.9 Å². The average Bonchev–Trinajstić information content (AvgIpc) is 2.87. The molecular formula is C27H25N3O4S2. The molecule has 0 spiro atoms. The summed E-state index contributed by atoms with van der Waals surface area (Å²) in [5, 5.41) is 12.5. The lowest BCUT2D eigenvalue weighted by atomic mass is 10.1. The summed E-state index contributed by atoms with van der Waals surface area (Å²) in [6, 6.07) is 26.5. The van der Waals surface area contributed by atoms with Gasteiger partial charge in [0.05, 0.1) is 10.1 Å². The monoisotopic (exact) mass is 519 g/mol. The molecule has 0 saturated carbocycles. The molecule has 0 aliphatic rings. The molecule has 9 heteroatoms. The van der Waals surface area contributed by atoms with Crippen LogP contribution in [0.5, 0.6) is 0 Å². The molecule has 4 aromatic carbocycles. The molecule has 0 fully saturated rings. The zero-order valence-corrected chi connectivity index (χ0v) is 21.1. The van der Waals surface area contributed by atoms with Crippen molar-refractivity contribution in [2.24, 2.45) is 5.14 Å². The molecule has 0 aromatic heterocycles. The van der Waals surface area contributed by atoms with Gasteiger partial charge in [-0.15, -0.1) is 11.8 Å². The summed E-state index contributed by atoms with van der Waals surface area (Å²) in [6.45, 7) is 1.91. The van der Waals surface area contributed by atoms with Gasteiger partial charge >= 0.3 is 0 Å². The summed E-state index contributed by atoms with van der Waals surface area (Å²) < 4.78 is 22.8. The molecule has 0 aliphatic heterocycles. The zero-order valence-electron chi connectivity index (χ0n) is 19.5. The molecule has 1 atom stereocenters. The number of amides is 2. The van der Waals surface area contributed by atoms with Crippen molar-refractivity contribution in [3.8, 4) is 0 Å². The first-order chi connectivity index (χ1) is 17.2. The maximum absolute atomic E-state index is 12.8. The fourth-order valence-corrected chi connectivity index (χ4v) is 5.15. The Morgan fingerprint density at radius 3 is 2.25 bits per heavy atom. The van der Waals surface area contributed by atoms with E-state index in [-0.39, 0.29) is 16.7 Å². The summed E-state index contributed by atoms with van der Waals surface area (Å²) in [7, 11) is -3.80. The van der Waals surface area contributed by atoms with Crippen LogP contribution in [0.2, 0.25) is 0 Å². The minimum atomic E-state index is -3.80. The molecular weight excluding hydrogens is 494 g/mol. The molecule has 1 unspecified atom stereocenters. The van der Waals surface area contributed by atoms with E-state index in [2.05, 4.69) is 10.6 Å². The Kier molecular flexibility index (Phi) is 7.73. The average molecular weight is 520 g/mol. The van der Waals surface area contributed by atoms with Crippen molar-refractivity contribution >= 4 is 55.7 Å². The second-order valence-corrected chi connectivity index (χ2v) is 11.0. The van der Waals surface area contributed by atoms with E-state index in [0.717, 1.165) is 15.7 Å². The summed E-state index contributed by atoms with van der Waals surface area (Å²) in [6.07, 6.45) is 0.569. The van der Waals surface area contributed by atoms with Gasteiger partial charge in [-0.05, 0) is 71.8 Å². The third-order valence-corrected chi connectivity index (χ3v) is 7.78. The molecule has 4 N–H and O–H groups in total. The fraction of sp³-hybridized carbons (Fsp3) is 0.111. The van der Waals surface area contributed by atoms with Gasteiger partial charge < -0.3 is 10.6 Å². The standard InChI is InChI=1S/C27H25N3O4S2/c1-2-25(27(32)29-21-12-14-24(15-13-21)36(28,33)34)35-23-9-5-8-22(17-23)30-26(31)20-11-10-18-6-3-4-7-19(18)16-20/h3-17,25H,2H2,1H3,(H,29,32)(H,30,31)(H2,28,33,34). The lowest BCUT2D eigenvalue weighted by molar-refractivity contribution is -0.115. The predicted octanol–water partition coefficient (Wildman–Crippen LogP) is 5.25.